The molecular weight excluding hydrogens is 607 g/mol. The summed E-state index contributed by atoms with van der Waals surface area (Å²) in [5, 5.41) is 8.26. The lowest BCUT2D eigenvalue weighted by Crippen LogP contribution is -2.41. The molecule has 0 radical (unpaired) electrons. The van der Waals surface area contributed by atoms with Crippen LogP contribution in [0.1, 0.15) is 74.7 Å². The number of para-hydroxylation sites is 1. The van der Waals surface area contributed by atoms with Gasteiger partial charge in [0.25, 0.3) is 5.91 Å². The zero-order valence-electron chi connectivity index (χ0n) is 26.6. The molecule has 6 rings (SSSR count). The van der Waals surface area contributed by atoms with Crippen molar-refractivity contribution in [3.05, 3.63) is 106 Å². The second-order valence-corrected chi connectivity index (χ2v) is 12.5. The molecule has 2 fully saturated rings. The second kappa shape index (κ2) is 14.5. The van der Waals surface area contributed by atoms with Crippen molar-refractivity contribution in [2.45, 2.75) is 58.2 Å². The molecule has 2 aliphatic heterocycles. The molecule has 0 spiro atoms. The number of aromatic nitrogens is 1. The van der Waals surface area contributed by atoms with Crippen molar-refractivity contribution in [3.8, 4) is 0 Å². The van der Waals surface area contributed by atoms with Crippen LogP contribution in [-0.2, 0) is 11.3 Å². The summed E-state index contributed by atoms with van der Waals surface area (Å²) in [6.07, 6.45) is -1.39. The molecule has 4 aromatic rings. The average molecular weight is 648 g/mol. The minimum atomic E-state index is -5.08. The summed E-state index contributed by atoms with van der Waals surface area (Å²) < 4.78 is 31.7. The van der Waals surface area contributed by atoms with Gasteiger partial charge in [-0.25, -0.2) is 4.79 Å². The van der Waals surface area contributed by atoms with E-state index in [9.17, 15) is 22.8 Å². The maximum absolute atomic E-state index is 13.9. The zero-order valence-corrected chi connectivity index (χ0v) is 26.6. The van der Waals surface area contributed by atoms with Crippen LogP contribution in [0.15, 0.2) is 72.8 Å². The normalized spacial score (nSPS) is 16.5. The molecule has 0 unspecified atom stereocenters. The van der Waals surface area contributed by atoms with Gasteiger partial charge < -0.3 is 15.0 Å². The number of amides is 1. The molecule has 2 N–H and O–H groups in total. The fraction of sp³-hybridized carbons (Fsp3) is 0.378. The minimum Gasteiger partial charge on any atom is -0.475 e. The van der Waals surface area contributed by atoms with Gasteiger partial charge in [-0.05, 0) is 81.3 Å². The number of H-pyrrole nitrogens is 1. The SMILES string of the molecule is Cc1cccc(C)c1C1CCN(Cc2c(C(=O)N3CCC(C(=O)c4ccccc4)CC3)[nH]c3ccccc23)CC1.O=C(O)C(F)(F)F. The number of fused-ring (bicyclic) bond motifs is 1. The van der Waals surface area contributed by atoms with Crippen molar-refractivity contribution < 1.29 is 32.7 Å². The maximum atomic E-state index is 13.9. The van der Waals surface area contributed by atoms with E-state index in [0.29, 0.717) is 37.5 Å². The number of carbonyl (C=O) groups is 3. The molecule has 0 bridgehead atoms. The Balaban J connectivity index is 0.000000559. The number of Topliss-reactive ketones (excluding diaryl/α,β-unsaturated/α-hetero) is 1. The number of carboxylic acids is 1. The number of ketones is 1. The number of hydrogen-bond acceptors (Lipinski definition) is 4. The largest absolute Gasteiger partial charge is 0.490 e. The molecule has 0 atom stereocenters. The molecule has 3 aromatic carbocycles. The Morgan fingerprint density at radius 3 is 1.98 bits per heavy atom. The Bertz CT molecular complexity index is 1700. The van der Waals surface area contributed by atoms with Crippen molar-refractivity contribution in [2.75, 3.05) is 26.2 Å². The van der Waals surface area contributed by atoms with E-state index in [4.69, 9.17) is 9.90 Å². The molecule has 7 nitrogen and oxygen atoms in total. The van der Waals surface area contributed by atoms with Crippen LogP contribution in [0.3, 0.4) is 0 Å². The van der Waals surface area contributed by atoms with E-state index < -0.39 is 12.1 Å². The van der Waals surface area contributed by atoms with Gasteiger partial charge in [-0.3, -0.25) is 14.5 Å². The van der Waals surface area contributed by atoms with Crippen LogP contribution in [0.2, 0.25) is 0 Å². The van der Waals surface area contributed by atoms with Crippen molar-refractivity contribution in [1.82, 2.24) is 14.8 Å². The first-order chi connectivity index (χ1) is 22.4. The fourth-order valence-electron chi connectivity index (χ4n) is 6.96. The molecule has 2 saturated heterocycles. The molecule has 47 heavy (non-hydrogen) atoms. The van der Waals surface area contributed by atoms with E-state index in [1.807, 2.05) is 41.3 Å². The quantitative estimate of drug-likeness (QED) is 0.211. The van der Waals surface area contributed by atoms with Crippen molar-refractivity contribution >= 4 is 28.6 Å². The van der Waals surface area contributed by atoms with E-state index in [0.717, 1.165) is 54.5 Å². The topological polar surface area (TPSA) is 93.7 Å². The maximum Gasteiger partial charge on any atom is 0.490 e. The summed E-state index contributed by atoms with van der Waals surface area (Å²) in [6, 6.07) is 24.4. The van der Waals surface area contributed by atoms with E-state index >= 15 is 0 Å². The zero-order chi connectivity index (χ0) is 33.7. The van der Waals surface area contributed by atoms with Gasteiger partial charge in [0.1, 0.15) is 5.69 Å². The monoisotopic (exact) mass is 647 g/mol. The summed E-state index contributed by atoms with van der Waals surface area (Å²) in [6.45, 7) is 8.51. The number of nitrogens with zero attached hydrogens (tertiary/aromatic N) is 2. The summed E-state index contributed by atoms with van der Waals surface area (Å²) in [5.41, 5.74) is 7.93. The van der Waals surface area contributed by atoms with Crippen LogP contribution in [0.5, 0.6) is 0 Å². The number of halogens is 3. The molecule has 1 aromatic heterocycles. The predicted octanol–water partition coefficient (Wildman–Crippen LogP) is 7.53. The molecule has 10 heteroatoms. The number of alkyl halides is 3. The lowest BCUT2D eigenvalue weighted by molar-refractivity contribution is -0.192. The van der Waals surface area contributed by atoms with Crippen molar-refractivity contribution in [1.29, 1.82) is 0 Å². The smallest absolute Gasteiger partial charge is 0.475 e. The van der Waals surface area contributed by atoms with Crippen molar-refractivity contribution in [2.24, 2.45) is 5.92 Å². The Kier molecular flexibility index (Phi) is 10.5. The Morgan fingerprint density at radius 1 is 0.809 bits per heavy atom. The Morgan fingerprint density at radius 2 is 1.38 bits per heavy atom. The lowest BCUT2D eigenvalue weighted by Gasteiger charge is -2.34. The second-order valence-electron chi connectivity index (χ2n) is 12.5. The number of hydrogen-bond donors (Lipinski definition) is 2. The first-order valence-corrected chi connectivity index (χ1v) is 16.0. The fourth-order valence-corrected chi connectivity index (χ4v) is 6.96. The highest BCUT2D eigenvalue weighted by molar-refractivity contribution is 6.01. The first kappa shape index (κ1) is 33.9. The number of piperidine rings is 2. The van der Waals surface area contributed by atoms with Crippen molar-refractivity contribution in [3.63, 3.8) is 0 Å². The van der Waals surface area contributed by atoms with Gasteiger partial charge in [0.15, 0.2) is 5.78 Å². The molecule has 3 heterocycles. The van der Waals surface area contributed by atoms with Crippen LogP contribution < -0.4 is 0 Å². The molecular formula is C37H40F3N3O4. The first-order valence-electron chi connectivity index (χ1n) is 16.0. The number of carboxylic acid groups (broad SMARTS) is 1. The standard InChI is InChI=1S/C35H39N3O2.C2HF3O2/c1-24-9-8-10-25(2)32(24)26-15-19-37(20-16-26)23-30-29-13-6-7-14-31(29)36-33(30)35(40)38-21-17-28(18-22-38)34(39)27-11-4-3-5-12-27;3-2(4,5)1(6)7/h3-14,26,28,36H,15-23H2,1-2H3;(H,6,7). The Labute approximate surface area is 272 Å². The van der Waals surface area contributed by atoms with E-state index in [-0.39, 0.29) is 17.6 Å². The third kappa shape index (κ3) is 7.93. The molecule has 1 amide bonds. The highest BCUT2D eigenvalue weighted by atomic mass is 19.4. The van der Waals surface area contributed by atoms with Crippen LogP contribution >= 0.6 is 0 Å². The number of benzene rings is 3. The lowest BCUT2D eigenvalue weighted by atomic mass is 9.84. The molecule has 2 aliphatic rings. The number of carbonyl (C=O) groups excluding carboxylic acids is 2. The van der Waals surface area contributed by atoms with Crippen LogP contribution in [0.25, 0.3) is 10.9 Å². The van der Waals surface area contributed by atoms with Gasteiger partial charge in [0.2, 0.25) is 0 Å². The summed E-state index contributed by atoms with van der Waals surface area (Å²) in [7, 11) is 0. The van der Waals surface area contributed by atoms with Gasteiger partial charge >= 0.3 is 12.1 Å². The number of rotatable bonds is 6. The van der Waals surface area contributed by atoms with E-state index in [1.54, 1.807) is 0 Å². The average Bonchev–Trinajstić information content (AvgIpc) is 3.43. The molecule has 0 saturated carbocycles. The third-order valence-corrected chi connectivity index (χ3v) is 9.40. The number of aryl methyl sites for hydroxylation is 2. The van der Waals surface area contributed by atoms with Crippen LogP contribution in [-0.4, -0.2) is 69.9 Å². The number of aliphatic carboxylic acids is 1. The van der Waals surface area contributed by atoms with Gasteiger partial charge in [0.05, 0.1) is 0 Å². The number of aromatic amines is 1. The number of nitrogens with one attached hydrogen (secondary N) is 1. The van der Waals surface area contributed by atoms with E-state index in [2.05, 4.69) is 60.1 Å². The number of likely N-dealkylation sites (tertiary alicyclic amines) is 2. The third-order valence-electron chi connectivity index (χ3n) is 9.40. The van der Waals surface area contributed by atoms with Gasteiger partial charge in [-0.1, -0.05) is 66.7 Å². The predicted molar refractivity (Wildman–Crippen MR) is 175 cm³/mol. The molecule has 0 aliphatic carbocycles. The van der Waals surface area contributed by atoms with Crippen LogP contribution in [0, 0.1) is 19.8 Å². The van der Waals surface area contributed by atoms with Gasteiger partial charge in [0, 0.05) is 47.6 Å². The highest BCUT2D eigenvalue weighted by Crippen LogP contribution is 2.34. The Hall–Kier alpha value is -4.44. The highest BCUT2D eigenvalue weighted by Gasteiger charge is 2.38. The summed E-state index contributed by atoms with van der Waals surface area (Å²) in [4.78, 5) is 43.7. The van der Waals surface area contributed by atoms with E-state index in [1.165, 1.54) is 16.7 Å². The van der Waals surface area contributed by atoms with Gasteiger partial charge in [-0.2, -0.15) is 13.2 Å². The van der Waals surface area contributed by atoms with Gasteiger partial charge in [-0.15, -0.1) is 0 Å². The molecule has 248 valence electrons. The summed E-state index contributed by atoms with van der Waals surface area (Å²) >= 11 is 0. The van der Waals surface area contributed by atoms with Crippen LogP contribution in [0.4, 0.5) is 13.2 Å². The minimum absolute atomic E-state index is 0.0215. The summed E-state index contributed by atoms with van der Waals surface area (Å²) in [5.74, 6) is -1.92.